The van der Waals surface area contributed by atoms with E-state index in [0.717, 1.165) is 29.5 Å². The van der Waals surface area contributed by atoms with E-state index >= 15 is 0 Å². The van der Waals surface area contributed by atoms with E-state index in [1.807, 2.05) is 42.5 Å². The minimum atomic E-state index is -0.207. The summed E-state index contributed by atoms with van der Waals surface area (Å²) < 4.78 is 0. The van der Waals surface area contributed by atoms with Gasteiger partial charge in [0.05, 0.1) is 6.42 Å². The van der Waals surface area contributed by atoms with Crippen LogP contribution < -0.4 is 10.9 Å². The summed E-state index contributed by atoms with van der Waals surface area (Å²) in [6.07, 6.45) is 2.09. The molecule has 1 aliphatic rings. The van der Waals surface area contributed by atoms with Gasteiger partial charge in [0.15, 0.2) is 0 Å². The molecule has 2 aromatic carbocycles. The summed E-state index contributed by atoms with van der Waals surface area (Å²) in [7, 11) is 0. The molecule has 0 radical (unpaired) electrons. The van der Waals surface area contributed by atoms with Gasteiger partial charge in [0, 0.05) is 5.92 Å². The molecule has 1 fully saturated rings. The SMILES string of the molecule is O=C(Cc1ccc(-c2ccccc2)cc1)NNC(=O)C1CC1. The third kappa shape index (κ3) is 3.73. The predicted octanol–water partition coefficient (Wildman–Crippen LogP) is 2.45. The highest BCUT2D eigenvalue weighted by molar-refractivity contribution is 5.85. The fourth-order valence-corrected chi connectivity index (χ4v) is 2.25. The van der Waals surface area contributed by atoms with Crippen molar-refractivity contribution in [1.82, 2.24) is 10.9 Å². The molecule has 0 aliphatic heterocycles. The molecule has 0 atom stereocenters. The maximum atomic E-state index is 11.8. The lowest BCUT2D eigenvalue weighted by atomic mass is 10.0. The zero-order valence-electron chi connectivity index (χ0n) is 12.2. The summed E-state index contributed by atoms with van der Waals surface area (Å²) in [6.45, 7) is 0. The van der Waals surface area contributed by atoms with Gasteiger partial charge in [0.25, 0.3) is 0 Å². The van der Waals surface area contributed by atoms with Crippen LogP contribution in [0.4, 0.5) is 0 Å². The zero-order chi connectivity index (χ0) is 15.4. The van der Waals surface area contributed by atoms with Gasteiger partial charge < -0.3 is 0 Å². The molecular weight excluding hydrogens is 276 g/mol. The average molecular weight is 294 g/mol. The molecule has 4 nitrogen and oxygen atoms in total. The zero-order valence-corrected chi connectivity index (χ0v) is 12.2. The Hall–Kier alpha value is -2.62. The molecule has 0 aromatic heterocycles. The molecule has 0 unspecified atom stereocenters. The third-order valence-corrected chi connectivity index (χ3v) is 3.70. The van der Waals surface area contributed by atoms with Gasteiger partial charge in [0.1, 0.15) is 0 Å². The van der Waals surface area contributed by atoms with Crippen molar-refractivity contribution in [3.63, 3.8) is 0 Å². The molecule has 0 saturated heterocycles. The van der Waals surface area contributed by atoms with Crippen LogP contribution in [-0.2, 0) is 16.0 Å². The van der Waals surface area contributed by atoms with Gasteiger partial charge in [-0.05, 0) is 29.5 Å². The summed E-state index contributed by atoms with van der Waals surface area (Å²) in [4.78, 5) is 23.2. The number of rotatable bonds is 4. The normalized spacial score (nSPS) is 13.5. The number of carbonyl (C=O) groups excluding carboxylic acids is 2. The molecule has 2 N–H and O–H groups in total. The minimum Gasteiger partial charge on any atom is -0.273 e. The Balaban J connectivity index is 1.54. The second kappa shape index (κ2) is 6.43. The Kier molecular flexibility index (Phi) is 4.19. The first-order valence-corrected chi connectivity index (χ1v) is 7.45. The van der Waals surface area contributed by atoms with Crippen LogP contribution in [0.25, 0.3) is 11.1 Å². The lowest BCUT2D eigenvalue weighted by molar-refractivity contribution is -0.129. The molecule has 4 heteroatoms. The molecule has 3 rings (SSSR count). The van der Waals surface area contributed by atoms with Crippen LogP contribution in [-0.4, -0.2) is 11.8 Å². The van der Waals surface area contributed by atoms with Crippen LogP contribution in [0.3, 0.4) is 0 Å². The van der Waals surface area contributed by atoms with E-state index < -0.39 is 0 Å². The summed E-state index contributed by atoms with van der Waals surface area (Å²) in [5, 5.41) is 0. The molecular formula is C18H18N2O2. The van der Waals surface area contributed by atoms with E-state index in [4.69, 9.17) is 0 Å². The van der Waals surface area contributed by atoms with Crippen LogP contribution >= 0.6 is 0 Å². The van der Waals surface area contributed by atoms with Crippen LogP contribution in [0.1, 0.15) is 18.4 Å². The number of hydrazine groups is 1. The topological polar surface area (TPSA) is 58.2 Å². The van der Waals surface area contributed by atoms with Gasteiger partial charge in [-0.2, -0.15) is 0 Å². The van der Waals surface area contributed by atoms with E-state index in [0.29, 0.717) is 0 Å². The molecule has 0 heterocycles. The monoisotopic (exact) mass is 294 g/mol. The van der Waals surface area contributed by atoms with Gasteiger partial charge >= 0.3 is 0 Å². The lowest BCUT2D eigenvalue weighted by Gasteiger charge is -2.07. The van der Waals surface area contributed by atoms with Crippen molar-refractivity contribution in [1.29, 1.82) is 0 Å². The van der Waals surface area contributed by atoms with Gasteiger partial charge in [-0.1, -0.05) is 54.6 Å². The van der Waals surface area contributed by atoms with Gasteiger partial charge in [-0.15, -0.1) is 0 Å². The van der Waals surface area contributed by atoms with Crippen molar-refractivity contribution < 1.29 is 9.59 Å². The second-order valence-corrected chi connectivity index (χ2v) is 5.55. The Morgan fingerprint density at radius 3 is 2.14 bits per heavy atom. The summed E-state index contributed by atoms with van der Waals surface area (Å²) >= 11 is 0. The van der Waals surface area contributed by atoms with Crippen LogP contribution in [0.5, 0.6) is 0 Å². The van der Waals surface area contributed by atoms with Crippen LogP contribution in [0, 0.1) is 5.92 Å². The third-order valence-electron chi connectivity index (χ3n) is 3.70. The molecule has 1 saturated carbocycles. The van der Waals surface area contributed by atoms with Gasteiger partial charge in [-0.25, -0.2) is 0 Å². The number of carbonyl (C=O) groups is 2. The standard InChI is InChI=1S/C18H18N2O2/c21-17(19-20-18(22)16-10-11-16)12-13-6-8-15(9-7-13)14-4-2-1-3-5-14/h1-9,16H,10-12H2,(H,19,21)(H,20,22). The second-order valence-electron chi connectivity index (χ2n) is 5.55. The number of benzene rings is 2. The summed E-state index contributed by atoms with van der Waals surface area (Å²) in [5.74, 6) is -0.209. The van der Waals surface area contributed by atoms with Crippen molar-refractivity contribution >= 4 is 11.8 Å². The minimum absolute atomic E-state index is 0.0884. The van der Waals surface area contributed by atoms with Crippen molar-refractivity contribution in [3.8, 4) is 11.1 Å². The van der Waals surface area contributed by atoms with Crippen molar-refractivity contribution in [3.05, 3.63) is 60.2 Å². The molecule has 2 aromatic rings. The van der Waals surface area contributed by atoms with Crippen LogP contribution in [0.2, 0.25) is 0 Å². The van der Waals surface area contributed by atoms with Gasteiger partial charge in [0.2, 0.25) is 11.8 Å². The quantitative estimate of drug-likeness (QED) is 0.851. The van der Waals surface area contributed by atoms with Crippen molar-refractivity contribution in [2.45, 2.75) is 19.3 Å². The van der Waals surface area contributed by atoms with E-state index in [1.54, 1.807) is 0 Å². The lowest BCUT2D eigenvalue weighted by Crippen LogP contribution is -2.43. The molecule has 0 bridgehead atoms. The number of nitrogens with one attached hydrogen (secondary N) is 2. The maximum absolute atomic E-state index is 11.8. The Morgan fingerprint density at radius 2 is 1.50 bits per heavy atom. The number of hydrogen-bond acceptors (Lipinski definition) is 2. The first kappa shape index (κ1) is 14.3. The summed E-state index contributed by atoms with van der Waals surface area (Å²) in [5.41, 5.74) is 8.10. The van der Waals surface area contributed by atoms with Gasteiger partial charge in [-0.3, -0.25) is 20.4 Å². The van der Waals surface area contributed by atoms with E-state index in [-0.39, 0.29) is 24.2 Å². The highest BCUT2D eigenvalue weighted by Crippen LogP contribution is 2.28. The highest BCUT2D eigenvalue weighted by atomic mass is 16.2. The van der Waals surface area contributed by atoms with Crippen molar-refractivity contribution in [2.24, 2.45) is 5.92 Å². The predicted molar refractivity (Wildman–Crippen MR) is 84.6 cm³/mol. The van der Waals surface area contributed by atoms with E-state index in [2.05, 4.69) is 23.0 Å². The Labute approximate surface area is 129 Å². The molecule has 1 aliphatic carbocycles. The summed E-state index contributed by atoms with van der Waals surface area (Å²) in [6, 6.07) is 18.0. The highest BCUT2D eigenvalue weighted by Gasteiger charge is 2.29. The van der Waals surface area contributed by atoms with Crippen LogP contribution in [0.15, 0.2) is 54.6 Å². The largest absolute Gasteiger partial charge is 0.273 e. The molecule has 112 valence electrons. The maximum Gasteiger partial charge on any atom is 0.242 e. The van der Waals surface area contributed by atoms with E-state index in [1.165, 1.54) is 0 Å². The fraction of sp³-hybridized carbons (Fsp3) is 0.222. The Bertz CT molecular complexity index is 661. The number of hydrogen-bond donors (Lipinski definition) is 2. The molecule has 2 amide bonds. The fourth-order valence-electron chi connectivity index (χ4n) is 2.25. The number of amides is 2. The first-order chi connectivity index (χ1) is 10.7. The smallest absolute Gasteiger partial charge is 0.242 e. The Morgan fingerprint density at radius 1 is 0.864 bits per heavy atom. The first-order valence-electron chi connectivity index (χ1n) is 7.45. The molecule has 22 heavy (non-hydrogen) atoms. The van der Waals surface area contributed by atoms with E-state index in [9.17, 15) is 9.59 Å². The van der Waals surface area contributed by atoms with Crippen molar-refractivity contribution in [2.75, 3.05) is 0 Å². The average Bonchev–Trinajstić information content (AvgIpc) is 3.39. The molecule has 0 spiro atoms.